The fourth-order valence-corrected chi connectivity index (χ4v) is 1.67. The molecule has 1 aliphatic heterocycles. The maximum Gasteiger partial charge on any atom is 0.171 e. The Morgan fingerprint density at radius 2 is 2.29 bits per heavy atom. The summed E-state index contributed by atoms with van der Waals surface area (Å²) in [5.41, 5.74) is 1.87. The molecule has 0 aliphatic carbocycles. The van der Waals surface area contributed by atoms with Gasteiger partial charge in [-0.15, -0.1) is 0 Å². The molecule has 2 rings (SSSR count). The monoisotopic (exact) mass is 194 g/mol. The molecule has 0 amide bonds. The van der Waals surface area contributed by atoms with Crippen LogP contribution in [0, 0.1) is 0 Å². The van der Waals surface area contributed by atoms with Gasteiger partial charge in [-0.3, -0.25) is 0 Å². The van der Waals surface area contributed by atoms with E-state index in [9.17, 15) is 5.11 Å². The molecule has 0 bridgehead atoms. The van der Waals surface area contributed by atoms with Crippen LogP contribution in [0.4, 0.5) is 5.82 Å². The first-order valence-corrected chi connectivity index (χ1v) is 4.61. The molecule has 4 nitrogen and oxygen atoms in total. The molecule has 0 spiro atoms. The number of rotatable bonds is 1. The molecule has 1 aromatic heterocycles. The Bertz CT molecular complexity index is 363. The van der Waals surface area contributed by atoms with Gasteiger partial charge in [0.15, 0.2) is 11.6 Å². The van der Waals surface area contributed by atoms with Gasteiger partial charge in [0, 0.05) is 31.4 Å². The van der Waals surface area contributed by atoms with Crippen LogP contribution in [-0.2, 0) is 11.3 Å². The summed E-state index contributed by atoms with van der Waals surface area (Å²) >= 11 is 0. The summed E-state index contributed by atoms with van der Waals surface area (Å²) in [6.07, 6.45) is 1.82. The van der Waals surface area contributed by atoms with Crippen LogP contribution in [0.15, 0.2) is 6.20 Å². The van der Waals surface area contributed by atoms with Gasteiger partial charge >= 0.3 is 0 Å². The number of pyridine rings is 1. The maximum absolute atomic E-state index is 9.91. The van der Waals surface area contributed by atoms with Crippen LogP contribution in [0.2, 0.25) is 0 Å². The molecule has 0 saturated heterocycles. The molecule has 0 radical (unpaired) electrons. The van der Waals surface area contributed by atoms with Gasteiger partial charge in [0.25, 0.3) is 0 Å². The first kappa shape index (κ1) is 9.27. The first-order chi connectivity index (χ1) is 6.61. The topological polar surface area (TPSA) is 45.6 Å². The third-order valence-electron chi connectivity index (χ3n) is 2.51. The van der Waals surface area contributed by atoms with E-state index in [1.807, 2.05) is 21.0 Å². The van der Waals surface area contributed by atoms with Crippen LogP contribution in [0.5, 0.6) is 5.75 Å². The molecule has 4 heteroatoms. The number of nitrogens with zero attached hydrogens (tertiary/aromatic N) is 2. The van der Waals surface area contributed by atoms with E-state index < -0.39 is 0 Å². The Balaban J connectivity index is 2.53. The molecule has 1 unspecified atom stereocenters. The van der Waals surface area contributed by atoms with E-state index in [-0.39, 0.29) is 11.9 Å². The van der Waals surface area contributed by atoms with E-state index in [4.69, 9.17) is 4.74 Å². The second kappa shape index (κ2) is 3.13. The predicted octanol–water partition coefficient (Wildman–Crippen LogP) is 1.44. The van der Waals surface area contributed by atoms with Gasteiger partial charge in [0.2, 0.25) is 0 Å². The lowest BCUT2D eigenvalue weighted by molar-refractivity contribution is 0.0790. The predicted molar refractivity (Wildman–Crippen MR) is 53.4 cm³/mol. The fraction of sp³-hybridized carbons (Fsp3) is 0.500. The molecule has 0 aromatic carbocycles. The Labute approximate surface area is 83.1 Å². The molecule has 1 N–H and O–H groups in total. The average molecular weight is 194 g/mol. The quantitative estimate of drug-likeness (QED) is 0.734. The summed E-state index contributed by atoms with van der Waals surface area (Å²) in [5, 5.41) is 9.91. The standard InChI is InChI=1S/C10H14N2O2/c1-6-7-4-11-10(12(2)3)9(13)8(7)5-14-6/h4,6,13H,5H2,1-3H3. The van der Waals surface area contributed by atoms with Crippen molar-refractivity contribution in [1.29, 1.82) is 0 Å². The first-order valence-electron chi connectivity index (χ1n) is 4.61. The normalized spacial score (nSPS) is 19.5. The van der Waals surface area contributed by atoms with Crippen LogP contribution in [-0.4, -0.2) is 24.2 Å². The molecule has 1 aromatic rings. The zero-order valence-electron chi connectivity index (χ0n) is 8.61. The molecule has 1 aliphatic rings. The third kappa shape index (κ3) is 1.23. The van der Waals surface area contributed by atoms with Gasteiger partial charge < -0.3 is 14.7 Å². The number of aromatic hydroxyl groups is 1. The summed E-state index contributed by atoms with van der Waals surface area (Å²) in [4.78, 5) is 5.99. The molecule has 1 atom stereocenters. The summed E-state index contributed by atoms with van der Waals surface area (Å²) in [7, 11) is 3.71. The minimum Gasteiger partial charge on any atom is -0.504 e. The Kier molecular flexibility index (Phi) is 2.07. The number of hydrogen-bond donors (Lipinski definition) is 1. The lowest BCUT2D eigenvalue weighted by atomic mass is 10.1. The highest BCUT2D eigenvalue weighted by Gasteiger charge is 2.25. The minimum absolute atomic E-state index is 0.0413. The second-order valence-corrected chi connectivity index (χ2v) is 3.71. The van der Waals surface area contributed by atoms with E-state index in [1.165, 1.54) is 0 Å². The summed E-state index contributed by atoms with van der Waals surface area (Å²) in [6.45, 7) is 2.44. The molecular formula is C10H14N2O2. The van der Waals surface area contributed by atoms with Crippen LogP contribution in [0.3, 0.4) is 0 Å². The number of fused-ring (bicyclic) bond motifs is 1. The minimum atomic E-state index is 0.0413. The van der Waals surface area contributed by atoms with Crippen LogP contribution in [0.25, 0.3) is 0 Å². The third-order valence-corrected chi connectivity index (χ3v) is 2.51. The maximum atomic E-state index is 9.91. The van der Waals surface area contributed by atoms with Crippen LogP contribution < -0.4 is 4.90 Å². The molecule has 76 valence electrons. The van der Waals surface area contributed by atoms with Crippen molar-refractivity contribution < 1.29 is 9.84 Å². The number of aromatic nitrogens is 1. The zero-order valence-corrected chi connectivity index (χ0v) is 8.61. The fourth-order valence-electron chi connectivity index (χ4n) is 1.67. The molecule has 14 heavy (non-hydrogen) atoms. The number of anilines is 1. The Hall–Kier alpha value is -1.29. The smallest absolute Gasteiger partial charge is 0.171 e. The Morgan fingerprint density at radius 1 is 1.57 bits per heavy atom. The van der Waals surface area contributed by atoms with E-state index in [0.29, 0.717) is 12.4 Å². The van der Waals surface area contributed by atoms with Gasteiger partial charge in [0.05, 0.1) is 12.7 Å². The highest BCUT2D eigenvalue weighted by Crippen LogP contribution is 2.38. The summed E-state index contributed by atoms with van der Waals surface area (Å²) in [5.74, 6) is 0.846. The van der Waals surface area contributed by atoms with Crippen molar-refractivity contribution in [3.63, 3.8) is 0 Å². The highest BCUT2D eigenvalue weighted by molar-refractivity contribution is 5.57. The van der Waals surface area contributed by atoms with Crippen LogP contribution >= 0.6 is 0 Å². The molecular weight excluding hydrogens is 180 g/mol. The highest BCUT2D eigenvalue weighted by atomic mass is 16.5. The number of hydrogen-bond acceptors (Lipinski definition) is 4. The van der Waals surface area contributed by atoms with Crippen molar-refractivity contribution in [2.24, 2.45) is 0 Å². The molecule has 2 heterocycles. The van der Waals surface area contributed by atoms with Gasteiger partial charge in [-0.25, -0.2) is 4.98 Å². The van der Waals surface area contributed by atoms with Gasteiger partial charge in [-0.2, -0.15) is 0 Å². The second-order valence-electron chi connectivity index (χ2n) is 3.71. The lowest BCUT2D eigenvalue weighted by Gasteiger charge is -2.14. The van der Waals surface area contributed by atoms with Gasteiger partial charge in [0.1, 0.15) is 0 Å². The van der Waals surface area contributed by atoms with Crippen molar-refractivity contribution >= 4 is 5.82 Å². The summed E-state index contributed by atoms with van der Waals surface area (Å²) < 4.78 is 5.42. The van der Waals surface area contributed by atoms with E-state index in [1.54, 1.807) is 11.1 Å². The number of ether oxygens (including phenoxy) is 1. The largest absolute Gasteiger partial charge is 0.504 e. The average Bonchev–Trinajstić information content (AvgIpc) is 2.49. The summed E-state index contributed by atoms with van der Waals surface area (Å²) in [6, 6.07) is 0. The zero-order chi connectivity index (χ0) is 10.3. The SMILES string of the molecule is CC1OCc2c1cnc(N(C)C)c2O. The van der Waals surface area contributed by atoms with E-state index in [2.05, 4.69) is 4.98 Å². The van der Waals surface area contributed by atoms with Crippen molar-refractivity contribution in [3.8, 4) is 5.75 Å². The van der Waals surface area contributed by atoms with Crippen LogP contribution in [0.1, 0.15) is 24.2 Å². The van der Waals surface area contributed by atoms with Crippen molar-refractivity contribution in [1.82, 2.24) is 4.98 Å². The van der Waals surface area contributed by atoms with Gasteiger partial charge in [-0.05, 0) is 6.92 Å². The molecule has 0 saturated carbocycles. The van der Waals surface area contributed by atoms with Crippen molar-refractivity contribution in [2.75, 3.05) is 19.0 Å². The van der Waals surface area contributed by atoms with Gasteiger partial charge in [-0.1, -0.05) is 0 Å². The van der Waals surface area contributed by atoms with Crippen molar-refractivity contribution in [3.05, 3.63) is 17.3 Å². The molecule has 0 fully saturated rings. The Morgan fingerprint density at radius 3 is 2.93 bits per heavy atom. The van der Waals surface area contributed by atoms with Crippen molar-refractivity contribution in [2.45, 2.75) is 19.6 Å². The lowest BCUT2D eigenvalue weighted by Crippen LogP contribution is -2.11. The van der Waals surface area contributed by atoms with E-state index >= 15 is 0 Å². The van der Waals surface area contributed by atoms with E-state index in [0.717, 1.165) is 11.1 Å².